The van der Waals surface area contributed by atoms with Gasteiger partial charge >= 0.3 is 0 Å². The summed E-state index contributed by atoms with van der Waals surface area (Å²) in [5.74, 6) is -0.216. The number of aryl methyl sites for hydroxylation is 2. The van der Waals surface area contributed by atoms with Crippen molar-refractivity contribution >= 4 is 33.5 Å². The van der Waals surface area contributed by atoms with Gasteiger partial charge in [-0.2, -0.15) is 0 Å². The largest absolute Gasteiger partial charge is 0.289 e. The Kier molecular flexibility index (Phi) is 3.97. The van der Waals surface area contributed by atoms with E-state index in [1.807, 2.05) is 52.0 Å². The quantitative estimate of drug-likeness (QED) is 0.417. The molecule has 0 heterocycles. The van der Waals surface area contributed by atoms with Crippen molar-refractivity contribution in [2.24, 2.45) is 0 Å². The second kappa shape index (κ2) is 6.13. The third-order valence-corrected chi connectivity index (χ3v) is 5.65. The number of hydrogen-bond donors (Lipinski definition) is 0. The molecule has 2 nitrogen and oxygen atoms in total. The summed E-state index contributed by atoms with van der Waals surface area (Å²) in [7, 11) is 0. The van der Waals surface area contributed by atoms with Gasteiger partial charge in [0.2, 0.25) is 0 Å². The van der Waals surface area contributed by atoms with E-state index in [2.05, 4.69) is 13.2 Å². The summed E-state index contributed by atoms with van der Waals surface area (Å²) in [6, 6.07) is 11.5. The average molecular weight is 366 g/mol. The Morgan fingerprint density at radius 2 is 0.964 bits per heavy atom. The Bertz CT molecular complexity index is 1160. The van der Waals surface area contributed by atoms with Crippen molar-refractivity contribution in [1.29, 1.82) is 0 Å². The van der Waals surface area contributed by atoms with Gasteiger partial charge in [-0.15, -0.1) is 0 Å². The summed E-state index contributed by atoms with van der Waals surface area (Å²) in [6.45, 7) is 15.9. The van der Waals surface area contributed by atoms with Gasteiger partial charge in [0.25, 0.3) is 0 Å². The van der Waals surface area contributed by atoms with Crippen molar-refractivity contribution < 1.29 is 9.59 Å². The molecule has 0 bridgehead atoms. The SMILES string of the molecule is C=C(C)c1cc2c(cc1C(=C)C)C(=O)c1cc3c(C)ccc(C)c3cc1C2=O. The van der Waals surface area contributed by atoms with Gasteiger partial charge < -0.3 is 0 Å². The average Bonchev–Trinajstić information content (AvgIpc) is 2.67. The highest BCUT2D eigenvalue weighted by atomic mass is 16.1. The number of benzene rings is 3. The van der Waals surface area contributed by atoms with Crippen molar-refractivity contribution in [3.8, 4) is 0 Å². The van der Waals surface area contributed by atoms with Crippen molar-refractivity contribution in [2.45, 2.75) is 27.7 Å². The number of fused-ring (bicyclic) bond motifs is 3. The van der Waals surface area contributed by atoms with Crippen LogP contribution in [0.15, 0.2) is 49.6 Å². The highest BCUT2D eigenvalue weighted by Crippen LogP contribution is 2.36. The van der Waals surface area contributed by atoms with E-state index in [0.717, 1.165) is 44.2 Å². The van der Waals surface area contributed by atoms with Crippen LogP contribution in [0, 0.1) is 13.8 Å². The van der Waals surface area contributed by atoms with E-state index in [0.29, 0.717) is 22.3 Å². The molecular formula is C26H22O2. The van der Waals surface area contributed by atoms with Crippen LogP contribution >= 0.6 is 0 Å². The Labute approximate surface area is 165 Å². The van der Waals surface area contributed by atoms with Gasteiger partial charge in [0.05, 0.1) is 0 Å². The molecule has 0 saturated carbocycles. The maximum Gasteiger partial charge on any atom is 0.194 e. The van der Waals surface area contributed by atoms with Gasteiger partial charge in [-0.25, -0.2) is 0 Å². The molecule has 3 aromatic carbocycles. The Morgan fingerprint density at radius 1 is 0.643 bits per heavy atom. The third kappa shape index (κ3) is 2.49. The molecular weight excluding hydrogens is 344 g/mol. The first kappa shape index (κ1) is 18.1. The molecule has 0 aromatic heterocycles. The van der Waals surface area contributed by atoms with Gasteiger partial charge in [-0.3, -0.25) is 9.59 Å². The van der Waals surface area contributed by atoms with Crippen LogP contribution in [0.25, 0.3) is 21.9 Å². The lowest BCUT2D eigenvalue weighted by molar-refractivity contribution is 0.0979. The second-order valence-corrected chi connectivity index (χ2v) is 7.81. The first-order valence-electron chi connectivity index (χ1n) is 9.34. The highest BCUT2D eigenvalue weighted by Gasteiger charge is 2.31. The van der Waals surface area contributed by atoms with Crippen LogP contribution in [0.3, 0.4) is 0 Å². The predicted octanol–water partition coefficient (Wildman–Crippen LogP) is 6.30. The highest BCUT2D eigenvalue weighted by molar-refractivity contribution is 6.30. The molecule has 1 aliphatic rings. The van der Waals surface area contributed by atoms with E-state index < -0.39 is 0 Å². The van der Waals surface area contributed by atoms with Crippen LogP contribution in [-0.4, -0.2) is 11.6 Å². The zero-order chi connectivity index (χ0) is 20.3. The van der Waals surface area contributed by atoms with Gasteiger partial charge in [0.1, 0.15) is 0 Å². The minimum absolute atomic E-state index is 0.108. The molecule has 28 heavy (non-hydrogen) atoms. The number of ketones is 2. The van der Waals surface area contributed by atoms with Crippen LogP contribution in [0.4, 0.5) is 0 Å². The number of hydrogen-bond acceptors (Lipinski definition) is 2. The van der Waals surface area contributed by atoms with E-state index in [-0.39, 0.29) is 11.6 Å². The van der Waals surface area contributed by atoms with E-state index in [4.69, 9.17) is 0 Å². The molecule has 0 unspecified atom stereocenters. The molecule has 3 aromatic rings. The first-order chi connectivity index (χ1) is 13.2. The molecule has 0 atom stereocenters. The summed E-state index contributed by atoms with van der Waals surface area (Å²) in [5, 5.41) is 2.03. The van der Waals surface area contributed by atoms with Crippen molar-refractivity contribution in [1.82, 2.24) is 0 Å². The Hall–Kier alpha value is -3.26. The fourth-order valence-corrected chi connectivity index (χ4v) is 4.03. The molecule has 0 amide bonds. The minimum Gasteiger partial charge on any atom is -0.289 e. The summed E-state index contributed by atoms with van der Waals surface area (Å²) in [6.07, 6.45) is 0. The topological polar surface area (TPSA) is 34.1 Å². The standard InChI is InChI=1S/C26H22O2/c1-13(2)17-9-21-22(10-18(17)14(3)4)26(28)24-12-20-16(6)8-7-15(5)19(20)11-23(24)25(21)27/h7-12H,1,3H2,2,4-6H3. The van der Waals surface area contributed by atoms with Crippen LogP contribution < -0.4 is 0 Å². The smallest absolute Gasteiger partial charge is 0.194 e. The van der Waals surface area contributed by atoms with Gasteiger partial charge in [0.15, 0.2) is 11.6 Å². The summed E-state index contributed by atoms with van der Waals surface area (Å²) in [4.78, 5) is 26.7. The van der Waals surface area contributed by atoms with Crippen LogP contribution in [-0.2, 0) is 0 Å². The molecule has 4 rings (SSSR count). The van der Waals surface area contributed by atoms with E-state index in [9.17, 15) is 9.59 Å². The van der Waals surface area contributed by atoms with Gasteiger partial charge in [-0.1, -0.05) is 36.4 Å². The van der Waals surface area contributed by atoms with Gasteiger partial charge in [-0.05, 0) is 85.0 Å². The molecule has 0 N–H and O–H groups in total. The summed E-state index contributed by atoms with van der Waals surface area (Å²) < 4.78 is 0. The molecule has 138 valence electrons. The lowest BCUT2D eigenvalue weighted by Crippen LogP contribution is -2.22. The van der Waals surface area contributed by atoms with Crippen molar-refractivity contribution in [2.75, 3.05) is 0 Å². The Balaban J connectivity index is 2.05. The molecule has 1 aliphatic carbocycles. The van der Waals surface area contributed by atoms with Gasteiger partial charge in [0, 0.05) is 22.3 Å². The van der Waals surface area contributed by atoms with E-state index in [1.165, 1.54) is 0 Å². The molecule has 0 saturated heterocycles. The maximum atomic E-state index is 13.3. The molecule has 0 aliphatic heterocycles. The number of rotatable bonds is 2. The third-order valence-electron chi connectivity index (χ3n) is 5.65. The van der Waals surface area contributed by atoms with E-state index in [1.54, 1.807) is 12.1 Å². The molecule has 0 spiro atoms. The fourth-order valence-electron chi connectivity index (χ4n) is 4.03. The van der Waals surface area contributed by atoms with Crippen LogP contribution in [0.5, 0.6) is 0 Å². The Morgan fingerprint density at radius 3 is 1.29 bits per heavy atom. The van der Waals surface area contributed by atoms with Crippen molar-refractivity contribution in [3.05, 3.63) is 94.1 Å². The maximum absolute atomic E-state index is 13.3. The first-order valence-corrected chi connectivity index (χ1v) is 9.34. The zero-order valence-electron chi connectivity index (χ0n) is 16.7. The molecule has 2 heteroatoms. The minimum atomic E-state index is -0.108. The van der Waals surface area contributed by atoms with E-state index >= 15 is 0 Å². The summed E-state index contributed by atoms with van der Waals surface area (Å²) >= 11 is 0. The number of carbonyl (C=O) groups excluding carboxylic acids is 2. The fraction of sp³-hybridized carbons (Fsp3) is 0.154. The predicted molar refractivity (Wildman–Crippen MR) is 116 cm³/mol. The molecule has 0 radical (unpaired) electrons. The lowest BCUT2D eigenvalue weighted by Gasteiger charge is -2.22. The zero-order valence-corrected chi connectivity index (χ0v) is 16.7. The van der Waals surface area contributed by atoms with Crippen LogP contribution in [0.2, 0.25) is 0 Å². The summed E-state index contributed by atoms with van der Waals surface area (Å²) in [5.41, 5.74) is 7.46. The lowest BCUT2D eigenvalue weighted by atomic mass is 9.79. The van der Waals surface area contributed by atoms with Crippen molar-refractivity contribution in [3.63, 3.8) is 0 Å². The monoisotopic (exact) mass is 366 g/mol. The number of allylic oxidation sites excluding steroid dienone is 2. The normalized spacial score (nSPS) is 12.7. The number of carbonyl (C=O) groups is 2. The molecule has 0 fully saturated rings. The second-order valence-electron chi connectivity index (χ2n) is 7.81. The van der Waals surface area contributed by atoms with Crippen LogP contribution in [0.1, 0.15) is 67.9 Å².